The maximum Gasteiger partial charge on any atom is 0.224 e. The molecule has 1 aromatic rings. The van der Waals surface area contributed by atoms with Crippen LogP contribution in [0.2, 0.25) is 0 Å². The van der Waals surface area contributed by atoms with Gasteiger partial charge in [0, 0.05) is 6.54 Å². The van der Waals surface area contributed by atoms with Gasteiger partial charge < -0.3 is 10.6 Å². The molecule has 1 fully saturated rings. The van der Waals surface area contributed by atoms with Gasteiger partial charge in [-0.05, 0) is 25.3 Å². The molecular formula is C18H26N2O2. The van der Waals surface area contributed by atoms with Crippen molar-refractivity contribution in [3.8, 4) is 0 Å². The highest BCUT2D eigenvalue weighted by Crippen LogP contribution is 2.39. The Kier molecular flexibility index (Phi) is 5.99. The minimum absolute atomic E-state index is 0.00920. The Balaban J connectivity index is 1.72. The molecular weight excluding hydrogens is 276 g/mol. The molecule has 0 aromatic heterocycles. The lowest BCUT2D eigenvalue weighted by Crippen LogP contribution is -2.32. The average Bonchev–Trinajstić information content (AvgIpc) is 3.33. The third kappa shape index (κ3) is 4.58. The maximum absolute atomic E-state index is 12.2. The van der Waals surface area contributed by atoms with Crippen molar-refractivity contribution in [1.82, 2.24) is 10.6 Å². The molecule has 4 nitrogen and oxygen atoms in total. The molecule has 1 aliphatic carbocycles. The van der Waals surface area contributed by atoms with Gasteiger partial charge in [-0.1, -0.05) is 50.1 Å². The number of amides is 2. The van der Waals surface area contributed by atoms with Crippen molar-refractivity contribution in [1.29, 1.82) is 0 Å². The molecule has 1 saturated carbocycles. The first kappa shape index (κ1) is 16.5. The molecule has 2 N–H and O–H groups in total. The van der Waals surface area contributed by atoms with Crippen LogP contribution in [0.1, 0.15) is 51.1 Å². The standard InChI is InChI=1S/C18H26N2O2/c1-3-4-8-11-19-17(21)15-12-16(15)18(22)20-13(2)14-9-6-5-7-10-14/h5-7,9-10,13,15-16H,3-4,8,11-12H2,1-2H3,(H,19,21)(H,20,22). The Labute approximate surface area is 132 Å². The fraction of sp³-hybridized carbons (Fsp3) is 0.556. The van der Waals surface area contributed by atoms with E-state index in [2.05, 4.69) is 17.6 Å². The number of nitrogens with one attached hydrogen (secondary N) is 2. The largest absolute Gasteiger partial charge is 0.356 e. The molecule has 3 unspecified atom stereocenters. The number of hydrogen-bond donors (Lipinski definition) is 2. The maximum atomic E-state index is 12.2. The highest BCUT2D eigenvalue weighted by Gasteiger charge is 2.48. The van der Waals surface area contributed by atoms with Crippen LogP contribution < -0.4 is 10.6 Å². The van der Waals surface area contributed by atoms with E-state index in [0.717, 1.165) is 31.4 Å². The van der Waals surface area contributed by atoms with E-state index < -0.39 is 0 Å². The summed E-state index contributed by atoms with van der Waals surface area (Å²) in [5.74, 6) is -0.268. The van der Waals surface area contributed by atoms with E-state index in [4.69, 9.17) is 0 Å². The summed E-state index contributed by atoms with van der Waals surface area (Å²) < 4.78 is 0. The fourth-order valence-corrected chi connectivity index (χ4v) is 2.64. The molecule has 1 aromatic carbocycles. The van der Waals surface area contributed by atoms with Gasteiger partial charge in [-0.3, -0.25) is 9.59 Å². The summed E-state index contributed by atoms with van der Waals surface area (Å²) in [6, 6.07) is 9.84. The highest BCUT2D eigenvalue weighted by atomic mass is 16.2. The van der Waals surface area contributed by atoms with Gasteiger partial charge in [0.05, 0.1) is 17.9 Å². The van der Waals surface area contributed by atoms with E-state index in [0.29, 0.717) is 6.42 Å². The number of rotatable bonds is 8. The molecule has 0 bridgehead atoms. The Hall–Kier alpha value is -1.84. The normalized spacial score (nSPS) is 21.0. The number of unbranched alkanes of at least 4 members (excludes halogenated alkanes) is 2. The second-order valence-corrected chi connectivity index (χ2v) is 6.09. The number of benzene rings is 1. The van der Waals surface area contributed by atoms with Crippen LogP contribution in [-0.2, 0) is 9.59 Å². The van der Waals surface area contributed by atoms with Gasteiger partial charge in [-0.2, -0.15) is 0 Å². The molecule has 2 rings (SSSR count). The third-order valence-corrected chi connectivity index (χ3v) is 4.20. The monoisotopic (exact) mass is 302 g/mol. The number of carbonyl (C=O) groups is 2. The third-order valence-electron chi connectivity index (χ3n) is 4.20. The number of hydrogen-bond acceptors (Lipinski definition) is 2. The van der Waals surface area contributed by atoms with Gasteiger partial charge in [0.15, 0.2) is 0 Å². The average molecular weight is 302 g/mol. The fourth-order valence-electron chi connectivity index (χ4n) is 2.64. The molecule has 1 aliphatic rings. The van der Waals surface area contributed by atoms with Crippen molar-refractivity contribution < 1.29 is 9.59 Å². The summed E-state index contributed by atoms with van der Waals surface area (Å²) in [6.07, 6.45) is 3.95. The lowest BCUT2D eigenvalue weighted by Gasteiger charge is -2.14. The first-order chi connectivity index (χ1) is 10.6. The SMILES string of the molecule is CCCCCNC(=O)C1CC1C(=O)NC(C)c1ccccc1. The quantitative estimate of drug-likeness (QED) is 0.725. The summed E-state index contributed by atoms with van der Waals surface area (Å²) in [6.45, 7) is 4.82. The predicted octanol–water partition coefficient (Wildman–Crippen LogP) is 2.81. The second kappa shape index (κ2) is 7.97. The zero-order chi connectivity index (χ0) is 15.9. The van der Waals surface area contributed by atoms with Gasteiger partial charge in [-0.15, -0.1) is 0 Å². The molecule has 2 amide bonds. The zero-order valence-corrected chi connectivity index (χ0v) is 13.5. The summed E-state index contributed by atoms with van der Waals surface area (Å²) in [7, 11) is 0. The smallest absolute Gasteiger partial charge is 0.224 e. The van der Waals surface area contributed by atoms with Crippen LogP contribution in [0.3, 0.4) is 0 Å². The summed E-state index contributed by atoms with van der Waals surface area (Å²) in [5, 5.41) is 5.93. The molecule has 3 atom stereocenters. The van der Waals surface area contributed by atoms with Crippen molar-refractivity contribution in [2.24, 2.45) is 11.8 Å². The summed E-state index contributed by atoms with van der Waals surface area (Å²) >= 11 is 0. The van der Waals surface area contributed by atoms with Crippen molar-refractivity contribution in [3.05, 3.63) is 35.9 Å². The number of carbonyl (C=O) groups excluding carboxylic acids is 2. The highest BCUT2D eigenvalue weighted by molar-refractivity contribution is 5.92. The van der Waals surface area contributed by atoms with Crippen LogP contribution in [0.25, 0.3) is 0 Å². The lowest BCUT2D eigenvalue weighted by molar-refractivity contribution is -0.127. The van der Waals surface area contributed by atoms with Crippen molar-refractivity contribution >= 4 is 11.8 Å². The summed E-state index contributed by atoms with van der Waals surface area (Å²) in [5.41, 5.74) is 1.08. The first-order valence-corrected chi connectivity index (χ1v) is 8.26. The molecule has 120 valence electrons. The van der Waals surface area contributed by atoms with Crippen LogP contribution in [-0.4, -0.2) is 18.4 Å². The van der Waals surface area contributed by atoms with Gasteiger partial charge >= 0.3 is 0 Å². The Bertz CT molecular complexity index is 501. The molecule has 0 aliphatic heterocycles. The predicted molar refractivity (Wildman–Crippen MR) is 87.1 cm³/mol. The molecule has 0 radical (unpaired) electrons. The van der Waals surface area contributed by atoms with Gasteiger partial charge in [-0.25, -0.2) is 0 Å². The van der Waals surface area contributed by atoms with Crippen LogP contribution >= 0.6 is 0 Å². The van der Waals surface area contributed by atoms with Crippen LogP contribution in [0.5, 0.6) is 0 Å². The van der Waals surface area contributed by atoms with Gasteiger partial charge in [0.25, 0.3) is 0 Å². The van der Waals surface area contributed by atoms with E-state index in [1.807, 2.05) is 37.3 Å². The lowest BCUT2D eigenvalue weighted by atomic mass is 10.1. The van der Waals surface area contributed by atoms with Crippen molar-refractivity contribution in [2.45, 2.75) is 45.6 Å². The van der Waals surface area contributed by atoms with Crippen LogP contribution in [0, 0.1) is 11.8 Å². The van der Waals surface area contributed by atoms with Crippen LogP contribution in [0.15, 0.2) is 30.3 Å². The van der Waals surface area contributed by atoms with E-state index in [1.165, 1.54) is 0 Å². The Morgan fingerprint density at radius 3 is 2.50 bits per heavy atom. The molecule has 0 spiro atoms. The topological polar surface area (TPSA) is 58.2 Å². The molecule has 0 saturated heterocycles. The van der Waals surface area contributed by atoms with E-state index in [9.17, 15) is 9.59 Å². The van der Waals surface area contributed by atoms with E-state index in [1.54, 1.807) is 0 Å². The van der Waals surface area contributed by atoms with Gasteiger partial charge in [0.2, 0.25) is 11.8 Å². The van der Waals surface area contributed by atoms with Crippen molar-refractivity contribution in [2.75, 3.05) is 6.54 Å². The van der Waals surface area contributed by atoms with E-state index in [-0.39, 0.29) is 29.7 Å². The minimum Gasteiger partial charge on any atom is -0.356 e. The second-order valence-electron chi connectivity index (χ2n) is 6.09. The molecule has 0 heterocycles. The van der Waals surface area contributed by atoms with Crippen molar-refractivity contribution in [3.63, 3.8) is 0 Å². The van der Waals surface area contributed by atoms with Crippen LogP contribution in [0.4, 0.5) is 0 Å². The van der Waals surface area contributed by atoms with E-state index >= 15 is 0 Å². The minimum atomic E-state index is -0.155. The Morgan fingerprint density at radius 2 is 1.82 bits per heavy atom. The Morgan fingerprint density at radius 1 is 1.14 bits per heavy atom. The zero-order valence-electron chi connectivity index (χ0n) is 13.5. The molecule has 4 heteroatoms. The first-order valence-electron chi connectivity index (χ1n) is 8.26. The summed E-state index contributed by atoms with van der Waals surface area (Å²) in [4.78, 5) is 24.1. The molecule has 22 heavy (non-hydrogen) atoms. The van der Waals surface area contributed by atoms with Gasteiger partial charge in [0.1, 0.15) is 0 Å².